The van der Waals surface area contributed by atoms with Crippen molar-refractivity contribution in [2.45, 2.75) is 90.9 Å². The number of hydrogen-bond donors (Lipinski definition) is 0. The van der Waals surface area contributed by atoms with E-state index in [9.17, 15) is 13.0 Å². The van der Waals surface area contributed by atoms with Gasteiger partial charge in [0, 0.05) is 24.5 Å². The van der Waals surface area contributed by atoms with E-state index in [0.717, 1.165) is 25.9 Å². The summed E-state index contributed by atoms with van der Waals surface area (Å²) in [5, 5.41) is 0. The minimum absolute atomic E-state index is 0.257. The Bertz CT molecular complexity index is 616. The molecule has 0 aliphatic rings. The molecule has 0 heterocycles. The molecule has 0 spiro atoms. The standard InChI is InChI=1S/C23H41NO3S/c1-3-4-5-6-7-8-9-10-11-12-18-24(19-13-14-20-28(25,26)27)23-17-15-16-22(2)21-23/h15-17,21H,3-14,18-20H2,1-2H3,(H,25,26,27)/p-1. The smallest absolute Gasteiger partial charge is 0.0945 e. The van der Waals surface area contributed by atoms with Gasteiger partial charge in [-0.2, -0.15) is 0 Å². The van der Waals surface area contributed by atoms with Crippen LogP contribution in [0.4, 0.5) is 5.69 Å². The van der Waals surface area contributed by atoms with Crippen molar-refractivity contribution in [2.24, 2.45) is 0 Å². The van der Waals surface area contributed by atoms with Gasteiger partial charge < -0.3 is 9.45 Å². The summed E-state index contributed by atoms with van der Waals surface area (Å²) in [5.41, 5.74) is 2.42. The first-order valence-corrected chi connectivity index (χ1v) is 12.8. The molecule has 0 bridgehead atoms. The molecule has 162 valence electrons. The maximum absolute atomic E-state index is 10.8. The molecule has 0 saturated heterocycles. The van der Waals surface area contributed by atoms with E-state index >= 15 is 0 Å². The van der Waals surface area contributed by atoms with Crippen LogP contribution < -0.4 is 4.90 Å². The number of anilines is 1. The highest BCUT2D eigenvalue weighted by Gasteiger charge is 2.07. The van der Waals surface area contributed by atoms with Crippen LogP contribution >= 0.6 is 0 Å². The van der Waals surface area contributed by atoms with Crippen molar-refractivity contribution >= 4 is 15.8 Å². The Labute approximate surface area is 173 Å². The average molecular weight is 411 g/mol. The Morgan fingerprint density at radius 2 is 1.36 bits per heavy atom. The normalized spacial score (nSPS) is 11.7. The van der Waals surface area contributed by atoms with Crippen molar-refractivity contribution < 1.29 is 13.0 Å². The molecule has 4 nitrogen and oxygen atoms in total. The highest BCUT2D eigenvalue weighted by atomic mass is 32.2. The Balaban J connectivity index is 2.30. The molecular formula is C23H40NO3S-. The number of benzene rings is 1. The van der Waals surface area contributed by atoms with Gasteiger partial charge >= 0.3 is 0 Å². The maximum atomic E-state index is 10.8. The lowest BCUT2D eigenvalue weighted by Crippen LogP contribution is -2.26. The van der Waals surface area contributed by atoms with Crippen molar-refractivity contribution in [3.63, 3.8) is 0 Å². The van der Waals surface area contributed by atoms with E-state index in [0.29, 0.717) is 6.42 Å². The molecule has 0 aromatic heterocycles. The predicted molar refractivity (Wildman–Crippen MR) is 119 cm³/mol. The third kappa shape index (κ3) is 13.2. The number of rotatable bonds is 17. The van der Waals surface area contributed by atoms with Crippen LogP contribution in [-0.2, 0) is 10.1 Å². The summed E-state index contributed by atoms with van der Waals surface area (Å²) in [6.07, 6.45) is 14.4. The molecular weight excluding hydrogens is 370 g/mol. The predicted octanol–water partition coefficient (Wildman–Crippen LogP) is 6.05. The fourth-order valence-corrected chi connectivity index (χ4v) is 4.12. The number of hydrogen-bond acceptors (Lipinski definition) is 4. The largest absolute Gasteiger partial charge is 0.748 e. The minimum Gasteiger partial charge on any atom is -0.748 e. The van der Waals surface area contributed by atoms with Gasteiger partial charge in [0.2, 0.25) is 0 Å². The fraction of sp³-hybridized carbons (Fsp3) is 0.739. The van der Waals surface area contributed by atoms with E-state index in [-0.39, 0.29) is 5.75 Å². The van der Waals surface area contributed by atoms with E-state index in [1.807, 2.05) is 0 Å². The van der Waals surface area contributed by atoms with E-state index in [4.69, 9.17) is 0 Å². The highest BCUT2D eigenvalue weighted by Crippen LogP contribution is 2.18. The summed E-state index contributed by atoms with van der Waals surface area (Å²) >= 11 is 0. The number of nitrogens with zero attached hydrogens (tertiary/aromatic N) is 1. The van der Waals surface area contributed by atoms with Crippen LogP contribution in [0.3, 0.4) is 0 Å². The Morgan fingerprint density at radius 1 is 0.821 bits per heavy atom. The van der Waals surface area contributed by atoms with Gasteiger partial charge in [0.25, 0.3) is 0 Å². The molecule has 0 aliphatic heterocycles. The molecule has 0 saturated carbocycles. The quantitative estimate of drug-likeness (QED) is 0.232. The van der Waals surface area contributed by atoms with Crippen LogP contribution in [0, 0.1) is 6.92 Å². The summed E-state index contributed by atoms with van der Waals surface area (Å²) in [6, 6.07) is 8.46. The zero-order valence-corrected chi connectivity index (χ0v) is 18.8. The van der Waals surface area contributed by atoms with Gasteiger partial charge in [0.15, 0.2) is 0 Å². The minimum atomic E-state index is -4.10. The van der Waals surface area contributed by atoms with Crippen LogP contribution in [0.5, 0.6) is 0 Å². The molecule has 0 radical (unpaired) electrons. The third-order valence-corrected chi connectivity index (χ3v) is 6.01. The van der Waals surface area contributed by atoms with E-state index in [1.54, 1.807) is 0 Å². The van der Waals surface area contributed by atoms with Gasteiger partial charge in [0.05, 0.1) is 10.1 Å². The first-order chi connectivity index (χ1) is 13.4. The topological polar surface area (TPSA) is 60.4 Å². The molecule has 0 unspecified atom stereocenters. The van der Waals surface area contributed by atoms with Crippen LogP contribution in [-0.4, -0.2) is 31.8 Å². The monoisotopic (exact) mass is 410 g/mol. The zero-order valence-electron chi connectivity index (χ0n) is 18.0. The number of unbranched alkanes of at least 4 members (excludes halogenated alkanes) is 10. The second kappa shape index (κ2) is 14.9. The number of aryl methyl sites for hydroxylation is 1. The van der Waals surface area contributed by atoms with Gasteiger partial charge in [-0.25, -0.2) is 8.42 Å². The molecule has 1 aromatic rings. The summed E-state index contributed by atoms with van der Waals surface area (Å²) in [6.45, 7) is 6.14. The summed E-state index contributed by atoms with van der Waals surface area (Å²) < 4.78 is 32.4. The van der Waals surface area contributed by atoms with Gasteiger partial charge in [-0.3, -0.25) is 0 Å². The second-order valence-corrected chi connectivity index (χ2v) is 9.50. The molecule has 28 heavy (non-hydrogen) atoms. The fourth-order valence-electron chi connectivity index (χ4n) is 3.57. The van der Waals surface area contributed by atoms with Gasteiger partial charge in [0.1, 0.15) is 0 Å². The van der Waals surface area contributed by atoms with Gasteiger partial charge in [-0.15, -0.1) is 0 Å². The lowest BCUT2D eigenvalue weighted by molar-refractivity contribution is 0.460. The van der Waals surface area contributed by atoms with E-state index in [1.165, 1.54) is 69.0 Å². The van der Waals surface area contributed by atoms with Gasteiger partial charge in [-0.1, -0.05) is 76.8 Å². The highest BCUT2D eigenvalue weighted by molar-refractivity contribution is 7.85. The maximum Gasteiger partial charge on any atom is 0.0945 e. The first-order valence-electron chi connectivity index (χ1n) is 11.2. The third-order valence-electron chi connectivity index (χ3n) is 5.22. The van der Waals surface area contributed by atoms with E-state index in [2.05, 4.69) is 43.0 Å². The first kappa shape index (κ1) is 25.0. The van der Waals surface area contributed by atoms with Crippen molar-refractivity contribution in [2.75, 3.05) is 23.7 Å². The molecule has 0 N–H and O–H groups in total. The SMILES string of the molecule is CCCCCCCCCCCCN(CCCCS(=O)(=O)[O-])c1cccc(C)c1. The summed E-state index contributed by atoms with van der Waals surface area (Å²) in [5.74, 6) is -0.257. The van der Waals surface area contributed by atoms with Crippen molar-refractivity contribution in [3.8, 4) is 0 Å². The van der Waals surface area contributed by atoms with Gasteiger partial charge in [-0.05, 0) is 43.9 Å². The second-order valence-electron chi connectivity index (χ2n) is 7.98. The Hall–Kier alpha value is -1.07. The Morgan fingerprint density at radius 3 is 1.89 bits per heavy atom. The molecule has 1 rings (SSSR count). The zero-order chi connectivity index (χ0) is 20.7. The van der Waals surface area contributed by atoms with Crippen LogP contribution in [0.15, 0.2) is 24.3 Å². The molecule has 0 aliphatic carbocycles. The Kier molecular flexibility index (Phi) is 13.3. The van der Waals surface area contributed by atoms with E-state index < -0.39 is 10.1 Å². The average Bonchev–Trinajstić information content (AvgIpc) is 2.64. The lowest BCUT2D eigenvalue weighted by atomic mass is 10.1. The van der Waals surface area contributed by atoms with Crippen molar-refractivity contribution in [1.82, 2.24) is 0 Å². The molecule has 0 atom stereocenters. The molecule has 5 heteroatoms. The summed E-state index contributed by atoms with van der Waals surface area (Å²) in [7, 11) is -4.10. The molecule has 1 aromatic carbocycles. The van der Waals surface area contributed by atoms with Crippen molar-refractivity contribution in [3.05, 3.63) is 29.8 Å². The van der Waals surface area contributed by atoms with Crippen LogP contribution in [0.2, 0.25) is 0 Å². The van der Waals surface area contributed by atoms with Crippen molar-refractivity contribution in [1.29, 1.82) is 0 Å². The lowest BCUT2D eigenvalue weighted by Gasteiger charge is -2.25. The molecule has 0 fully saturated rings. The molecule has 0 amide bonds. The van der Waals surface area contributed by atoms with Crippen LogP contribution in [0.25, 0.3) is 0 Å². The van der Waals surface area contributed by atoms with Crippen LogP contribution in [0.1, 0.15) is 89.5 Å². The summed E-state index contributed by atoms with van der Waals surface area (Å²) in [4.78, 5) is 2.34.